The highest BCUT2D eigenvalue weighted by molar-refractivity contribution is 7.99. The van der Waals surface area contributed by atoms with Crippen molar-refractivity contribution in [2.24, 2.45) is 7.05 Å². The molecular weight excluding hydrogens is 254 g/mol. The highest BCUT2D eigenvalue weighted by atomic mass is 32.2. The van der Waals surface area contributed by atoms with Gasteiger partial charge in [0, 0.05) is 42.0 Å². The lowest BCUT2D eigenvalue weighted by Gasteiger charge is -2.05. The van der Waals surface area contributed by atoms with Gasteiger partial charge in [-0.05, 0) is 26.0 Å². The predicted octanol–water partition coefficient (Wildman–Crippen LogP) is 2.92. The third kappa shape index (κ3) is 3.85. The molecule has 19 heavy (non-hydrogen) atoms. The molecule has 0 aliphatic heterocycles. The number of nitrogens with one attached hydrogen (secondary N) is 1. The molecular formula is C15H21N3S. The SMILES string of the molecule is Cc1nn(C)c(C)c1CNCCSc1ccccc1. The van der Waals surface area contributed by atoms with Crippen LogP contribution in [0.1, 0.15) is 17.0 Å². The number of aryl methyl sites for hydroxylation is 2. The Balaban J connectivity index is 1.72. The van der Waals surface area contributed by atoms with Crippen LogP contribution in [0, 0.1) is 13.8 Å². The quantitative estimate of drug-likeness (QED) is 0.649. The first-order chi connectivity index (χ1) is 9.18. The zero-order valence-electron chi connectivity index (χ0n) is 11.8. The molecule has 0 atom stereocenters. The normalized spacial score (nSPS) is 10.9. The number of rotatable bonds is 6. The molecule has 1 heterocycles. The van der Waals surface area contributed by atoms with Gasteiger partial charge in [0.2, 0.25) is 0 Å². The first-order valence-corrected chi connectivity index (χ1v) is 7.54. The van der Waals surface area contributed by atoms with E-state index in [1.807, 2.05) is 23.5 Å². The lowest BCUT2D eigenvalue weighted by molar-refractivity contribution is 0.713. The van der Waals surface area contributed by atoms with E-state index in [-0.39, 0.29) is 0 Å². The van der Waals surface area contributed by atoms with Gasteiger partial charge in [-0.25, -0.2) is 0 Å². The fourth-order valence-electron chi connectivity index (χ4n) is 2.04. The Labute approximate surface area is 119 Å². The number of nitrogens with zero attached hydrogens (tertiary/aromatic N) is 2. The average Bonchev–Trinajstić information content (AvgIpc) is 2.65. The van der Waals surface area contributed by atoms with E-state index in [4.69, 9.17) is 0 Å². The molecule has 0 aliphatic carbocycles. The number of hydrogen-bond acceptors (Lipinski definition) is 3. The maximum absolute atomic E-state index is 4.43. The monoisotopic (exact) mass is 275 g/mol. The second-order valence-electron chi connectivity index (χ2n) is 4.61. The predicted molar refractivity (Wildman–Crippen MR) is 81.6 cm³/mol. The van der Waals surface area contributed by atoms with Gasteiger partial charge in [0.25, 0.3) is 0 Å². The molecule has 0 bridgehead atoms. The topological polar surface area (TPSA) is 29.9 Å². The highest BCUT2D eigenvalue weighted by Gasteiger charge is 2.07. The summed E-state index contributed by atoms with van der Waals surface area (Å²) in [6.07, 6.45) is 0. The second-order valence-corrected chi connectivity index (χ2v) is 5.78. The van der Waals surface area contributed by atoms with Gasteiger partial charge in [0.05, 0.1) is 5.69 Å². The van der Waals surface area contributed by atoms with E-state index >= 15 is 0 Å². The minimum atomic E-state index is 0.904. The Kier molecular flexibility index (Phi) is 5.05. The number of benzene rings is 1. The molecule has 1 aromatic heterocycles. The Hall–Kier alpha value is -1.26. The zero-order chi connectivity index (χ0) is 13.7. The van der Waals surface area contributed by atoms with E-state index in [0.29, 0.717) is 0 Å². The molecule has 2 rings (SSSR count). The fraction of sp³-hybridized carbons (Fsp3) is 0.400. The molecule has 1 N–H and O–H groups in total. The third-order valence-electron chi connectivity index (χ3n) is 3.25. The molecule has 0 saturated carbocycles. The largest absolute Gasteiger partial charge is 0.312 e. The molecule has 3 nitrogen and oxygen atoms in total. The molecule has 0 spiro atoms. The van der Waals surface area contributed by atoms with E-state index in [9.17, 15) is 0 Å². The van der Waals surface area contributed by atoms with Gasteiger partial charge < -0.3 is 5.32 Å². The number of hydrogen-bond donors (Lipinski definition) is 1. The molecule has 0 saturated heterocycles. The van der Waals surface area contributed by atoms with Crippen LogP contribution < -0.4 is 5.32 Å². The first-order valence-electron chi connectivity index (χ1n) is 6.56. The molecule has 0 amide bonds. The Morgan fingerprint density at radius 3 is 2.58 bits per heavy atom. The van der Waals surface area contributed by atoms with Crippen LogP contribution in [-0.4, -0.2) is 22.1 Å². The molecule has 0 unspecified atom stereocenters. The van der Waals surface area contributed by atoms with Gasteiger partial charge in [-0.15, -0.1) is 11.8 Å². The Morgan fingerprint density at radius 2 is 1.95 bits per heavy atom. The van der Waals surface area contributed by atoms with Crippen molar-refractivity contribution >= 4 is 11.8 Å². The van der Waals surface area contributed by atoms with Crippen molar-refractivity contribution in [2.75, 3.05) is 12.3 Å². The van der Waals surface area contributed by atoms with E-state index in [1.54, 1.807) is 0 Å². The summed E-state index contributed by atoms with van der Waals surface area (Å²) in [5, 5.41) is 7.92. The maximum atomic E-state index is 4.43. The van der Waals surface area contributed by atoms with Crippen molar-refractivity contribution in [1.29, 1.82) is 0 Å². The van der Waals surface area contributed by atoms with E-state index in [2.05, 4.69) is 54.6 Å². The van der Waals surface area contributed by atoms with Crippen LogP contribution in [0.4, 0.5) is 0 Å². The summed E-state index contributed by atoms with van der Waals surface area (Å²) in [5.41, 5.74) is 3.70. The van der Waals surface area contributed by atoms with Crippen LogP contribution in [0.2, 0.25) is 0 Å². The van der Waals surface area contributed by atoms with Gasteiger partial charge in [-0.2, -0.15) is 5.10 Å². The summed E-state index contributed by atoms with van der Waals surface area (Å²) in [5.74, 6) is 1.09. The second kappa shape index (κ2) is 6.78. The van der Waals surface area contributed by atoms with Crippen molar-refractivity contribution in [3.05, 3.63) is 47.3 Å². The van der Waals surface area contributed by atoms with E-state index < -0.39 is 0 Å². The van der Waals surface area contributed by atoms with Crippen LogP contribution in [-0.2, 0) is 13.6 Å². The van der Waals surface area contributed by atoms with Crippen LogP contribution >= 0.6 is 11.8 Å². The number of thioether (sulfide) groups is 1. The summed E-state index contributed by atoms with van der Waals surface area (Å²) in [6, 6.07) is 10.5. The summed E-state index contributed by atoms with van der Waals surface area (Å²) in [7, 11) is 2.00. The van der Waals surface area contributed by atoms with Crippen LogP contribution in [0.3, 0.4) is 0 Å². The zero-order valence-corrected chi connectivity index (χ0v) is 12.6. The van der Waals surface area contributed by atoms with Gasteiger partial charge in [-0.3, -0.25) is 4.68 Å². The Morgan fingerprint density at radius 1 is 1.21 bits per heavy atom. The summed E-state index contributed by atoms with van der Waals surface area (Å²) < 4.78 is 1.95. The molecule has 0 radical (unpaired) electrons. The lowest BCUT2D eigenvalue weighted by Crippen LogP contribution is -2.17. The van der Waals surface area contributed by atoms with Crippen molar-refractivity contribution in [2.45, 2.75) is 25.3 Å². The van der Waals surface area contributed by atoms with E-state index in [0.717, 1.165) is 24.5 Å². The third-order valence-corrected chi connectivity index (χ3v) is 4.27. The summed E-state index contributed by atoms with van der Waals surface area (Å²) in [4.78, 5) is 1.33. The molecule has 4 heteroatoms. The standard InChI is InChI=1S/C15H21N3S/c1-12-15(13(2)18(3)17-12)11-16-9-10-19-14-7-5-4-6-8-14/h4-8,16H,9-11H2,1-3H3. The van der Waals surface area contributed by atoms with Crippen LogP contribution in [0.25, 0.3) is 0 Å². The fourth-order valence-corrected chi connectivity index (χ4v) is 2.88. The van der Waals surface area contributed by atoms with Gasteiger partial charge in [0.15, 0.2) is 0 Å². The van der Waals surface area contributed by atoms with Crippen molar-refractivity contribution < 1.29 is 0 Å². The molecule has 0 aliphatic rings. The van der Waals surface area contributed by atoms with Crippen molar-refractivity contribution in [1.82, 2.24) is 15.1 Å². The lowest BCUT2D eigenvalue weighted by atomic mass is 10.2. The minimum Gasteiger partial charge on any atom is -0.312 e. The molecule has 102 valence electrons. The van der Waals surface area contributed by atoms with E-state index in [1.165, 1.54) is 16.2 Å². The van der Waals surface area contributed by atoms with Crippen molar-refractivity contribution in [3.8, 4) is 0 Å². The van der Waals surface area contributed by atoms with Crippen molar-refractivity contribution in [3.63, 3.8) is 0 Å². The van der Waals surface area contributed by atoms with Crippen LogP contribution in [0.15, 0.2) is 35.2 Å². The molecule has 0 fully saturated rings. The van der Waals surface area contributed by atoms with Gasteiger partial charge in [0.1, 0.15) is 0 Å². The highest BCUT2D eigenvalue weighted by Crippen LogP contribution is 2.16. The Bertz CT molecular complexity index is 520. The van der Waals surface area contributed by atoms with Crippen LogP contribution in [0.5, 0.6) is 0 Å². The van der Waals surface area contributed by atoms with Gasteiger partial charge in [-0.1, -0.05) is 18.2 Å². The summed E-state index contributed by atoms with van der Waals surface area (Å²) >= 11 is 1.89. The maximum Gasteiger partial charge on any atom is 0.0641 e. The minimum absolute atomic E-state index is 0.904. The molecule has 1 aromatic carbocycles. The molecule has 2 aromatic rings. The number of aromatic nitrogens is 2. The first kappa shape index (κ1) is 14.2. The average molecular weight is 275 g/mol. The smallest absolute Gasteiger partial charge is 0.0641 e. The van der Waals surface area contributed by atoms with Gasteiger partial charge >= 0.3 is 0 Å². The summed E-state index contributed by atoms with van der Waals surface area (Å²) in [6.45, 7) is 6.10.